The second kappa shape index (κ2) is 5.97. The first-order valence-corrected chi connectivity index (χ1v) is 9.65. The summed E-state index contributed by atoms with van der Waals surface area (Å²) in [5.74, 6) is 0.331. The van der Waals surface area contributed by atoms with Crippen LogP contribution in [0.15, 0.2) is 18.2 Å². The lowest BCUT2D eigenvalue weighted by molar-refractivity contribution is -0.171. The average molecular weight is 381 g/mol. The monoisotopic (exact) mass is 381 g/mol. The molecule has 0 atom stereocenters. The van der Waals surface area contributed by atoms with Crippen molar-refractivity contribution in [1.29, 1.82) is 0 Å². The molecule has 3 aliphatic rings. The Labute approximate surface area is 157 Å². The summed E-state index contributed by atoms with van der Waals surface area (Å²) in [5, 5.41) is 9.79. The minimum absolute atomic E-state index is 0.0606. The highest BCUT2D eigenvalue weighted by atomic mass is 19.4. The maximum absolute atomic E-state index is 13.3. The van der Waals surface area contributed by atoms with Crippen molar-refractivity contribution < 1.29 is 23.1 Å². The lowest BCUT2D eigenvalue weighted by Crippen LogP contribution is -2.66. The molecular formula is C21H26F3NO2. The van der Waals surface area contributed by atoms with Crippen molar-refractivity contribution in [3.63, 3.8) is 0 Å². The molecular weight excluding hydrogens is 355 g/mol. The van der Waals surface area contributed by atoms with Crippen LogP contribution in [-0.4, -0.2) is 34.6 Å². The molecule has 1 saturated heterocycles. The number of rotatable bonds is 3. The Morgan fingerprint density at radius 3 is 2.41 bits per heavy atom. The summed E-state index contributed by atoms with van der Waals surface area (Å²) in [5.41, 5.74) is 0.0370. The number of aliphatic hydroxyl groups is 1. The first-order valence-electron chi connectivity index (χ1n) is 9.65. The van der Waals surface area contributed by atoms with Crippen molar-refractivity contribution >= 4 is 5.91 Å². The van der Waals surface area contributed by atoms with Crippen LogP contribution >= 0.6 is 0 Å². The highest BCUT2D eigenvalue weighted by molar-refractivity contribution is 5.81. The fraction of sp³-hybridized carbons (Fsp3) is 0.667. The molecule has 148 valence electrons. The van der Waals surface area contributed by atoms with Gasteiger partial charge < -0.3 is 10.0 Å². The number of halogens is 3. The van der Waals surface area contributed by atoms with E-state index in [4.69, 9.17) is 0 Å². The number of carbonyl (C=O) groups is 1. The van der Waals surface area contributed by atoms with Crippen LogP contribution in [0.4, 0.5) is 13.2 Å². The van der Waals surface area contributed by atoms with E-state index in [9.17, 15) is 23.1 Å². The molecule has 1 heterocycles. The summed E-state index contributed by atoms with van der Waals surface area (Å²) < 4.78 is 39.8. The molecule has 2 aliphatic carbocycles. The van der Waals surface area contributed by atoms with Crippen LogP contribution < -0.4 is 0 Å². The summed E-state index contributed by atoms with van der Waals surface area (Å²) in [6.07, 6.45) is -0.998. The molecule has 4 rings (SSSR count). The molecule has 2 saturated carbocycles. The topological polar surface area (TPSA) is 40.5 Å². The summed E-state index contributed by atoms with van der Waals surface area (Å²) in [6.45, 7) is 4.95. The molecule has 0 radical (unpaired) electrons. The molecule has 1 aromatic carbocycles. The Bertz CT molecular complexity index is 749. The van der Waals surface area contributed by atoms with Gasteiger partial charge >= 0.3 is 6.18 Å². The molecule has 6 heteroatoms. The number of amides is 1. The SMILES string of the molecule is Cc1cccc(C(F)(F)F)c1CC1CC2(C1)CN(C(=O)C1CC(C)(O)C1)C2. The fourth-order valence-corrected chi connectivity index (χ4v) is 5.45. The van der Waals surface area contributed by atoms with Gasteiger partial charge in [0.05, 0.1) is 11.2 Å². The van der Waals surface area contributed by atoms with E-state index in [-0.39, 0.29) is 23.2 Å². The number of benzene rings is 1. The summed E-state index contributed by atoms with van der Waals surface area (Å²) in [7, 11) is 0. The molecule has 1 N–H and O–H groups in total. The van der Waals surface area contributed by atoms with Gasteiger partial charge in [-0.25, -0.2) is 0 Å². The number of nitrogens with zero attached hydrogens (tertiary/aromatic N) is 1. The van der Waals surface area contributed by atoms with E-state index in [0.717, 1.165) is 25.9 Å². The maximum Gasteiger partial charge on any atom is 0.416 e. The van der Waals surface area contributed by atoms with Crippen molar-refractivity contribution in [1.82, 2.24) is 4.90 Å². The van der Waals surface area contributed by atoms with Crippen LogP contribution in [0.3, 0.4) is 0 Å². The van der Waals surface area contributed by atoms with Gasteiger partial charge in [0, 0.05) is 24.4 Å². The Morgan fingerprint density at radius 2 is 1.85 bits per heavy atom. The molecule has 0 unspecified atom stereocenters. The van der Waals surface area contributed by atoms with Gasteiger partial charge in [0.25, 0.3) is 0 Å². The van der Waals surface area contributed by atoms with Gasteiger partial charge in [0.2, 0.25) is 5.91 Å². The van der Waals surface area contributed by atoms with Crippen molar-refractivity contribution in [3.8, 4) is 0 Å². The molecule has 3 nitrogen and oxygen atoms in total. The Kier molecular flexibility index (Phi) is 4.15. The zero-order valence-corrected chi connectivity index (χ0v) is 15.8. The molecule has 0 aromatic heterocycles. The van der Waals surface area contributed by atoms with Gasteiger partial charge in [-0.2, -0.15) is 13.2 Å². The standard InChI is InChI=1S/C21H26F3NO2/c1-13-4-3-5-17(21(22,23)24)16(13)6-14-7-20(8-14)11-25(12-20)18(26)15-9-19(2,27)10-15/h3-5,14-15,27H,6-12H2,1-2H3. The molecule has 27 heavy (non-hydrogen) atoms. The largest absolute Gasteiger partial charge is 0.416 e. The third-order valence-corrected chi connectivity index (χ3v) is 6.74. The molecule has 3 fully saturated rings. The maximum atomic E-state index is 13.3. The smallest absolute Gasteiger partial charge is 0.390 e. The van der Waals surface area contributed by atoms with E-state index in [1.807, 2.05) is 4.90 Å². The van der Waals surface area contributed by atoms with Crippen molar-refractivity contribution in [2.45, 2.75) is 57.7 Å². The van der Waals surface area contributed by atoms with Gasteiger partial charge in [-0.1, -0.05) is 12.1 Å². The summed E-state index contributed by atoms with van der Waals surface area (Å²) in [6, 6.07) is 4.39. The summed E-state index contributed by atoms with van der Waals surface area (Å²) >= 11 is 0. The zero-order chi connectivity index (χ0) is 19.6. The fourth-order valence-electron chi connectivity index (χ4n) is 5.45. The lowest BCUT2D eigenvalue weighted by Gasteiger charge is -2.60. The van der Waals surface area contributed by atoms with Gasteiger partial charge in [-0.05, 0) is 69.1 Å². The normalized spacial score (nSPS) is 29.9. The van der Waals surface area contributed by atoms with Gasteiger partial charge in [0.15, 0.2) is 0 Å². The van der Waals surface area contributed by atoms with Crippen LogP contribution in [0.5, 0.6) is 0 Å². The number of alkyl halides is 3. The number of aryl methyl sites for hydroxylation is 1. The van der Waals surface area contributed by atoms with E-state index in [1.54, 1.807) is 19.9 Å². The first kappa shape index (κ1) is 18.8. The van der Waals surface area contributed by atoms with Crippen LogP contribution in [0, 0.1) is 24.2 Å². The van der Waals surface area contributed by atoms with E-state index in [0.29, 0.717) is 30.4 Å². The Balaban J connectivity index is 1.31. The second-order valence-electron chi connectivity index (χ2n) is 9.37. The predicted molar refractivity (Wildman–Crippen MR) is 95.0 cm³/mol. The van der Waals surface area contributed by atoms with Crippen LogP contribution in [0.1, 0.15) is 49.3 Å². The quantitative estimate of drug-likeness (QED) is 0.861. The van der Waals surface area contributed by atoms with Crippen molar-refractivity contribution in [2.75, 3.05) is 13.1 Å². The van der Waals surface area contributed by atoms with Gasteiger partial charge in [0.1, 0.15) is 0 Å². The Hall–Kier alpha value is -1.56. The zero-order valence-electron chi connectivity index (χ0n) is 15.8. The summed E-state index contributed by atoms with van der Waals surface area (Å²) in [4.78, 5) is 14.3. The van der Waals surface area contributed by atoms with E-state index >= 15 is 0 Å². The average Bonchev–Trinajstić information content (AvgIpc) is 2.45. The number of hydrogen-bond acceptors (Lipinski definition) is 2. The van der Waals surface area contributed by atoms with E-state index in [1.165, 1.54) is 12.1 Å². The molecule has 1 aromatic rings. The van der Waals surface area contributed by atoms with Crippen LogP contribution in [0.2, 0.25) is 0 Å². The minimum atomic E-state index is -4.31. The lowest BCUT2D eigenvalue weighted by atomic mass is 9.56. The third-order valence-electron chi connectivity index (χ3n) is 6.74. The van der Waals surface area contributed by atoms with E-state index < -0.39 is 17.3 Å². The Morgan fingerprint density at radius 1 is 1.22 bits per heavy atom. The van der Waals surface area contributed by atoms with Gasteiger partial charge in [-0.15, -0.1) is 0 Å². The van der Waals surface area contributed by atoms with E-state index in [2.05, 4.69) is 0 Å². The van der Waals surface area contributed by atoms with Crippen molar-refractivity contribution in [3.05, 3.63) is 34.9 Å². The third kappa shape index (κ3) is 3.37. The van der Waals surface area contributed by atoms with Gasteiger partial charge in [-0.3, -0.25) is 4.79 Å². The minimum Gasteiger partial charge on any atom is -0.390 e. The molecule has 0 bridgehead atoms. The number of hydrogen-bond donors (Lipinski definition) is 1. The molecule has 1 aliphatic heterocycles. The highest BCUT2D eigenvalue weighted by Crippen LogP contribution is 2.54. The molecule has 1 spiro atoms. The van der Waals surface area contributed by atoms with Crippen LogP contribution in [-0.2, 0) is 17.4 Å². The van der Waals surface area contributed by atoms with Crippen LogP contribution in [0.25, 0.3) is 0 Å². The number of likely N-dealkylation sites (tertiary alicyclic amines) is 1. The second-order valence-corrected chi connectivity index (χ2v) is 9.37. The van der Waals surface area contributed by atoms with Crippen molar-refractivity contribution in [2.24, 2.45) is 17.3 Å². The highest BCUT2D eigenvalue weighted by Gasteiger charge is 2.55. The molecule has 1 amide bonds. The number of carbonyl (C=O) groups excluding carboxylic acids is 1. The first-order chi connectivity index (χ1) is 12.5. The predicted octanol–water partition coefficient (Wildman–Crippen LogP) is 3.96.